The standard InChI is InChI=1S/C19H26ClN5O3/c1-27-12-4-7-21-17(26)13-24-8-10-25(11-9-24)14-18-22-19(23-28-18)15-5-2-3-6-16(15)20/h2-3,5-6H,4,7-14H2,1H3,(H,21,26). The Morgan fingerprint density at radius 3 is 2.75 bits per heavy atom. The van der Waals surface area contributed by atoms with Crippen molar-refractivity contribution in [3.8, 4) is 11.4 Å². The highest BCUT2D eigenvalue weighted by molar-refractivity contribution is 6.33. The van der Waals surface area contributed by atoms with Gasteiger partial charge in [0.05, 0.1) is 18.1 Å². The summed E-state index contributed by atoms with van der Waals surface area (Å²) in [5.74, 6) is 1.13. The number of carbonyl (C=O) groups is 1. The monoisotopic (exact) mass is 407 g/mol. The van der Waals surface area contributed by atoms with E-state index in [0.29, 0.717) is 43.0 Å². The summed E-state index contributed by atoms with van der Waals surface area (Å²) in [5.41, 5.74) is 0.764. The van der Waals surface area contributed by atoms with Crippen molar-refractivity contribution in [2.75, 3.05) is 53.0 Å². The summed E-state index contributed by atoms with van der Waals surface area (Å²) >= 11 is 6.19. The number of ether oxygens (including phenoxy) is 1. The molecule has 1 aromatic carbocycles. The molecule has 1 N–H and O–H groups in total. The molecule has 1 aliphatic heterocycles. The molecule has 2 heterocycles. The maximum Gasteiger partial charge on any atom is 0.241 e. The first-order valence-electron chi connectivity index (χ1n) is 9.43. The second-order valence-corrected chi connectivity index (χ2v) is 7.15. The molecule has 0 unspecified atom stereocenters. The molecular formula is C19H26ClN5O3. The van der Waals surface area contributed by atoms with E-state index >= 15 is 0 Å². The highest BCUT2D eigenvalue weighted by Crippen LogP contribution is 2.25. The Labute approximate surface area is 169 Å². The van der Waals surface area contributed by atoms with Crippen molar-refractivity contribution in [2.24, 2.45) is 0 Å². The van der Waals surface area contributed by atoms with E-state index in [1.165, 1.54) is 0 Å². The Kier molecular flexibility index (Phi) is 7.79. The summed E-state index contributed by atoms with van der Waals surface area (Å²) in [7, 11) is 1.66. The molecule has 152 valence electrons. The van der Waals surface area contributed by atoms with Crippen molar-refractivity contribution in [1.82, 2.24) is 25.3 Å². The average Bonchev–Trinajstić information content (AvgIpc) is 3.15. The molecule has 1 amide bonds. The van der Waals surface area contributed by atoms with Gasteiger partial charge in [0.15, 0.2) is 0 Å². The van der Waals surface area contributed by atoms with Crippen LogP contribution in [0.25, 0.3) is 11.4 Å². The zero-order valence-corrected chi connectivity index (χ0v) is 16.8. The quantitative estimate of drug-likeness (QED) is 0.633. The number of methoxy groups -OCH3 is 1. The summed E-state index contributed by atoms with van der Waals surface area (Å²) < 4.78 is 10.4. The van der Waals surface area contributed by atoms with Gasteiger partial charge in [0.2, 0.25) is 17.6 Å². The molecule has 3 rings (SSSR count). The van der Waals surface area contributed by atoms with Crippen molar-refractivity contribution >= 4 is 17.5 Å². The average molecular weight is 408 g/mol. The van der Waals surface area contributed by atoms with Crippen LogP contribution in [0.15, 0.2) is 28.8 Å². The molecule has 1 aliphatic rings. The number of nitrogens with one attached hydrogen (secondary N) is 1. The van der Waals surface area contributed by atoms with Gasteiger partial charge in [-0.05, 0) is 18.6 Å². The van der Waals surface area contributed by atoms with Crippen molar-refractivity contribution in [3.05, 3.63) is 35.2 Å². The first-order valence-corrected chi connectivity index (χ1v) is 9.81. The minimum Gasteiger partial charge on any atom is -0.385 e. The first kappa shape index (κ1) is 20.7. The van der Waals surface area contributed by atoms with Gasteiger partial charge in [-0.2, -0.15) is 4.98 Å². The third-order valence-electron chi connectivity index (χ3n) is 4.62. The van der Waals surface area contributed by atoms with Crippen LogP contribution < -0.4 is 5.32 Å². The van der Waals surface area contributed by atoms with Gasteiger partial charge in [-0.1, -0.05) is 28.9 Å². The molecule has 2 aromatic rings. The molecule has 1 saturated heterocycles. The van der Waals surface area contributed by atoms with Gasteiger partial charge in [-0.15, -0.1) is 0 Å². The minimum atomic E-state index is 0.0610. The van der Waals surface area contributed by atoms with Crippen molar-refractivity contribution < 1.29 is 14.1 Å². The number of aromatic nitrogens is 2. The lowest BCUT2D eigenvalue weighted by atomic mass is 10.2. The summed E-state index contributed by atoms with van der Waals surface area (Å²) in [6.07, 6.45) is 0.830. The maximum atomic E-state index is 12.0. The molecular weight excluding hydrogens is 382 g/mol. The Bertz CT molecular complexity index is 762. The smallest absolute Gasteiger partial charge is 0.241 e. The van der Waals surface area contributed by atoms with Crippen LogP contribution in [0.2, 0.25) is 5.02 Å². The number of hydrogen-bond acceptors (Lipinski definition) is 7. The highest BCUT2D eigenvalue weighted by atomic mass is 35.5. The third kappa shape index (κ3) is 6.00. The fraction of sp³-hybridized carbons (Fsp3) is 0.526. The number of hydrogen-bond donors (Lipinski definition) is 1. The number of nitrogens with zero attached hydrogens (tertiary/aromatic N) is 4. The van der Waals surface area contributed by atoms with Gasteiger partial charge in [0.1, 0.15) is 0 Å². The lowest BCUT2D eigenvalue weighted by Crippen LogP contribution is -2.49. The fourth-order valence-corrected chi connectivity index (χ4v) is 3.29. The largest absolute Gasteiger partial charge is 0.385 e. The summed E-state index contributed by atoms with van der Waals surface area (Å²) in [6, 6.07) is 7.44. The predicted molar refractivity (Wildman–Crippen MR) is 106 cm³/mol. The van der Waals surface area contributed by atoms with Crippen LogP contribution in [-0.4, -0.2) is 78.8 Å². The molecule has 0 saturated carbocycles. The van der Waals surface area contributed by atoms with Crippen molar-refractivity contribution in [1.29, 1.82) is 0 Å². The van der Waals surface area contributed by atoms with E-state index in [-0.39, 0.29) is 5.91 Å². The topological polar surface area (TPSA) is 83.7 Å². The van der Waals surface area contributed by atoms with Crippen LogP contribution in [0.4, 0.5) is 0 Å². The minimum absolute atomic E-state index is 0.0610. The van der Waals surface area contributed by atoms with Gasteiger partial charge in [0, 0.05) is 52.0 Å². The maximum absolute atomic E-state index is 12.0. The number of rotatable bonds is 9. The normalized spacial score (nSPS) is 15.6. The Morgan fingerprint density at radius 1 is 1.25 bits per heavy atom. The molecule has 0 atom stereocenters. The van der Waals surface area contributed by atoms with Crippen LogP contribution in [0.3, 0.4) is 0 Å². The second kappa shape index (κ2) is 10.5. The zero-order valence-electron chi connectivity index (χ0n) is 16.1. The van der Waals surface area contributed by atoms with Crippen LogP contribution in [0.1, 0.15) is 12.3 Å². The molecule has 1 aromatic heterocycles. The Morgan fingerprint density at radius 2 is 2.00 bits per heavy atom. The molecule has 28 heavy (non-hydrogen) atoms. The highest BCUT2D eigenvalue weighted by Gasteiger charge is 2.21. The summed E-state index contributed by atoms with van der Waals surface area (Å²) in [6.45, 7) is 5.69. The van der Waals surface area contributed by atoms with Crippen LogP contribution in [0, 0.1) is 0 Å². The molecule has 9 heteroatoms. The number of halogens is 1. The second-order valence-electron chi connectivity index (χ2n) is 6.74. The van der Waals surface area contributed by atoms with Gasteiger partial charge in [-0.25, -0.2) is 0 Å². The van der Waals surface area contributed by atoms with Crippen LogP contribution in [-0.2, 0) is 16.1 Å². The van der Waals surface area contributed by atoms with E-state index in [1.807, 2.05) is 18.2 Å². The van der Waals surface area contributed by atoms with Gasteiger partial charge in [0.25, 0.3) is 0 Å². The van der Waals surface area contributed by atoms with Crippen molar-refractivity contribution in [3.63, 3.8) is 0 Å². The fourth-order valence-electron chi connectivity index (χ4n) is 3.07. The Balaban J connectivity index is 1.41. The number of benzene rings is 1. The summed E-state index contributed by atoms with van der Waals surface area (Å²) in [5, 5.41) is 7.56. The molecule has 0 radical (unpaired) electrons. The zero-order chi connectivity index (χ0) is 19.8. The van der Waals surface area contributed by atoms with E-state index in [0.717, 1.165) is 38.2 Å². The van der Waals surface area contributed by atoms with E-state index in [4.69, 9.17) is 20.9 Å². The van der Waals surface area contributed by atoms with Crippen LogP contribution in [0.5, 0.6) is 0 Å². The van der Waals surface area contributed by atoms with Gasteiger partial charge in [-0.3, -0.25) is 14.6 Å². The molecule has 0 spiro atoms. The number of amides is 1. The first-order chi connectivity index (χ1) is 13.7. The van der Waals surface area contributed by atoms with Crippen LogP contribution >= 0.6 is 11.6 Å². The Hall–Kier alpha value is -2.00. The molecule has 1 fully saturated rings. The third-order valence-corrected chi connectivity index (χ3v) is 4.95. The number of piperazine rings is 1. The molecule has 0 aliphatic carbocycles. The summed E-state index contributed by atoms with van der Waals surface area (Å²) in [4.78, 5) is 20.8. The number of carbonyl (C=O) groups excluding carboxylic acids is 1. The van der Waals surface area contributed by atoms with Gasteiger partial charge >= 0.3 is 0 Å². The van der Waals surface area contributed by atoms with E-state index < -0.39 is 0 Å². The van der Waals surface area contributed by atoms with E-state index in [9.17, 15) is 4.79 Å². The van der Waals surface area contributed by atoms with Crippen molar-refractivity contribution in [2.45, 2.75) is 13.0 Å². The van der Waals surface area contributed by atoms with E-state index in [2.05, 4.69) is 25.3 Å². The van der Waals surface area contributed by atoms with E-state index in [1.54, 1.807) is 13.2 Å². The lowest BCUT2D eigenvalue weighted by molar-refractivity contribution is -0.122. The lowest BCUT2D eigenvalue weighted by Gasteiger charge is -2.33. The molecule has 0 bridgehead atoms. The SMILES string of the molecule is COCCCNC(=O)CN1CCN(Cc2nc(-c3ccccc3Cl)no2)CC1. The molecule has 8 nitrogen and oxygen atoms in total. The predicted octanol–water partition coefficient (Wildman–Crippen LogP) is 1.66. The van der Waals surface area contributed by atoms with Gasteiger partial charge < -0.3 is 14.6 Å².